The fraction of sp³-hybridized carbons (Fsp3) is 0.906. The van der Waals surface area contributed by atoms with Gasteiger partial charge >= 0.3 is 5.97 Å². The first-order chi connectivity index (χ1) is 20.0. The standard InChI is InChI=1S/C32H49NO10/c1-6-18(3)25(35)41-24-11-12-26(4)19-8-9-20-29(43-40)13-23(34)31(38)21(28(29,37)16-30(20,26)42-32(19,24)39)15-33-14-17(2)7-10-22(33)27(31,5)36/h6,17,19-24,34,36-40H,7-16H2,1-5H3/b18-6+/t17-,19-,20+,21-,22-,23-,24-,26-,27+,28+,29+,30+,31-,32-/m0/s1. The molecule has 7 rings (SSSR count). The van der Waals surface area contributed by atoms with Gasteiger partial charge in [0.15, 0.2) is 6.10 Å². The maximum atomic E-state index is 13.1. The summed E-state index contributed by atoms with van der Waals surface area (Å²) in [6, 6.07) is -0.409. The number of aliphatic hydroxyl groups excluding tert-OH is 1. The Morgan fingerprint density at radius 1 is 1.00 bits per heavy atom. The van der Waals surface area contributed by atoms with Crippen LogP contribution in [0.4, 0.5) is 0 Å². The summed E-state index contributed by atoms with van der Waals surface area (Å²) in [5.41, 5.74) is -9.02. The van der Waals surface area contributed by atoms with Crippen LogP contribution in [0.1, 0.15) is 86.0 Å². The lowest BCUT2D eigenvalue weighted by Crippen LogP contribution is -2.85. The number of nitrogens with zero attached hydrogens (tertiary/aromatic N) is 1. The number of rotatable bonds is 3. The highest BCUT2D eigenvalue weighted by Gasteiger charge is 2.89. The second-order valence-electron chi connectivity index (χ2n) is 15.7. The molecule has 11 heteroatoms. The maximum absolute atomic E-state index is 13.1. The molecule has 1 spiro atoms. The van der Waals surface area contributed by atoms with E-state index < -0.39 is 81.2 Å². The molecule has 3 aliphatic heterocycles. The number of fused-ring (bicyclic) bond motifs is 5. The first kappa shape index (κ1) is 30.5. The molecule has 242 valence electrons. The van der Waals surface area contributed by atoms with E-state index in [1.807, 2.05) is 6.92 Å². The predicted molar refractivity (Wildman–Crippen MR) is 151 cm³/mol. The monoisotopic (exact) mass is 607 g/mol. The molecule has 14 atom stereocenters. The summed E-state index contributed by atoms with van der Waals surface area (Å²) in [7, 11) is 0. The van der Waals surface area contributed by atoms with Crippen LogP contribution in [0, 0.1) is 29.1 Å². The van der Waals surface area contributed by atoms with Crippen LogP contribution >= 0.6 is 0 Å². The molecule has 0 aromatic carbocycles. The van der Waals surface area contributed by atoms with Gasteiger partial charge in [0.25, 0.3) is 0 Å². The van der Waals surface area contributed by atoms with Crippen molar-refractivity contribution < 1.29 is 49.9 Å². The average molecular weight is 608 g/mol. The molecule has 0 unspecified atom stereocenters. The van der Waals surface area contributed by atoms with Gasteiger partial charge in [0.05, 0.1) is 11.7 Å². The summed E-state index contributed by atoms with van der Waals surface area (Å²) < 4.78 is 12.7. The molecule has 6 N–H and O–H groups in total. The molecule has 0 aromatic rings. The highest BCUT2D eigenvalue weighted by Crippen LogP contribution is 2.78. The number of carbonyl (C=O) groups excluding carboxylic acids is 1. The Labute approximate surface area is 252 Å². The van der Waals surface area contributed by atoms with Crippen molar-refractivity contribution in [3.8, 4) is 0 Å². The minimum absolute atomic E-state index is 0.0844. The fourth-order valence-electron chi connectivity index (χ4n) is 11.9. The van der Waals surface area contributed by atoms with Gasteiger partial charge < -0.3 is 35.0 Å². The van der Waals surface area contributed by atoms with Crippen molar-refractivity contribution in [1.82, 2.24) is 4.90 Å². The van der Waals surface area contributed by atoms with Gasteiger partial charge in [-0.15, -0.1) is 0 Å². The number of hydrogen-bond acceptors (Lipinski definition) is 11. The minimum Gasteiger partial charge on any atom is -0.453 e. The highest BCUT2D eigenvalue weighted by atomic mass is 17.1. The van der Waals surface area contributed by atoms with Crippen molar-refractivity contribution in [3.05, 3.63) is 11.6 Å². The second-order valence-corrected chi connectivity index (χ2v) is 15.7. The largest absolute Gasteiger partial charge is 0.453 e. The van der Waals surface area contributed by atoms with Gasteiger partial charge in [0, 0.05) is 60.7 Å². The number of allylic oxidation sites excluding steroid dienone is 1. The molecule has 3 heterocycles. The molecule has 0 radical (unpaired) electrons. The quantitative estimate of drug-likeness (QED) is 0.119. The Hall–Kier alpha value is -1.15. The molecular formula is C32H49NO10. The SMILES string of the molecule is C/C=C(\C)C(=O)O[C@H]1CC[C@@]2(C)[C@@H]3CC[C@H]4[C@@]2(C[C@@]2(O)[C@@H]5CN6C[C@@H](C)CC[C@H]6[C@@](C)(O)[C@@]5(O)[C@@H](O)C[C@@]42OO)O[C@]13O. The first-order valence-electron chi connectivity index (χ1n) is 16.2. The Kier molecular flexibility index (Phi) is 6.39. The van der Waals surface area contributed by atoms with Crippen LogP contribution in [-0.2, 0) is 19.2 Å². The van der Waals surface area contributed by atoms with Gasteiger partial charge in [0.2, 0.25) is 5.79 Å². The number of hydrogen-bond donors (Lipinski definition) is 6. The summed E-state index contributed by atoms with van der Waals surface area (Å²) in [6.07, 6.45) is 2.09. The fourth-order valence-corrected chi connectivity index (χ4v) is 11.9. The van der Waals surface area contributed by atoms with Gasteiger partial charge in [-0.25, -0.2) is 9.68 Å². The number of carbonyl (C=O) groups is 1. The Balaban J connectivity index is 1.34. The lowest BCUT2D eigenvalue weighted by atomic mass is 9.49. The summed E-state index contributed by atoms with van der Waals surface area (Å²) >= 11 is 0. The summed E-state index contributed by atoms with van der Waals surface area (Å²) in [5.74, 6) is -4.17. The highest BCUT2D eigenvalue weighted by molar-refractivity contribution is 5.87. The number of aliphatic hydroxyl groups is 5. The Morgan fingerprint density at radius 3 is 2.37 bits per heavy atom. The van der Waals surface area contributed by atoms with Crippen LogP contribution in [-0.4, -0.2) is 107 Å². The van der Waals surface area contributed by atoms with Crippen LogP contribution in [0.2, 0.25) is 0 Å². The van der Waals surface area contributed by atoms with E-state index in [9.17, 15) is 35.6 Å². The van der Waals surface area contributed by atoms with Crippen molar-refractivity contribution in [3.63, 3.8) is 0 Å². The van der Waals surface area contributed by atoms with Gasteiger partial charge in [0.1, 0.15) is 22.4 Å². The van der Waals surface area contributed by atoms with E-state index in [2.05, 4.69) is 11.8 Å². The van der Waals surface area contributed by atoms with E-state index in [0.29, 0.717) is 50.1 Å². The Morgan fingerprint density at radius 2 is 1.70 bits per heavy atom. The average Bonchev–Trinajstić information content (AvgIpc) is 3.15. The van der Waals surface area contributed by atoms with Crippen LogP contribution in [0.5, 0.6) is 0 Å². The van der Waals surface area contributed by atoms with Gasteiger partial charge in [-0.1, -0.05) is 19.9 Å². The maximum Gasteiger partial charge on any atom is 0.333 e. The smallest absolute Gasteiger partial charge is 0.333 e. The first-order valence-corrected chi connectivity index (χ1v) is 16.2. The molecule has 0 amide bonds. The van der Waals surface area contributed by atoms with Crippen molar-refractivity contribution in [2.45, 2.75) is 138 Å². The summed E-state index contributed by atoms with van der Waals surface area (Å²) in [6.45, 7) is 9.97. The molecule has 11 nitrogen and oxygen atoms in total. The van der Waals surface area contributed by atoms with E-state index in [1.165, 1.54) is 0 Å². The topological polar surface area (TPSA) is 169 Å². The number of esters is 1. The van der Waals surface area contributed by atoms with Crippen molar-refractivity contribution in [2.75, 3.05) is 13.1 Å². The number of piperidine rings is 2. The molecule has 3 saturated heterocycles. The van der Waals surface area contributed by atoms with Crippen LogP contribution in [0.3, 0.4) is 0 Å². The molecule has 43 heavy (non-hydrogen) atoms. The van der Waals surface area contributed by atoms with E-state index >= 15 is 0 Å². The van der Waals surface area contributed by atoms with Crippen LogP contribution in [0.25, 0.3) is 0 Å². The van der Waals surface area contributed by atoms with Crippen LogP contribution < -0.4 is 0 Å². The second kappa shape index (κ2) is 9.01. The van der Waals surface area contributed by atoms with E-state index in [-0.39, 0.29) is 19.4 Å². The molecule has 4 saturated carbocycles. The van der Waals surface area contributed by atoms with Crippen molar-refractivity contribution >= 4 is 5.97 Å². The third-order valence-corrected chi connectivity index (χ3v) is 14.2. The zero-order chi connectivity index (χ0) is 31.2. The van der Waals surface area contributed by atoms with E-state index in [1.54, 1.807) is 26.8 Å². The predicted octanol–water partition coefficient (Wildman–Crippen LogP) is 1.49. The molecule has 4 bridgehead atoms. The van der Waals surface area contributed by atoms with Gasteiger partial charge in [-0.2, -0.15) is 0 Å². The zero-order valence-corrected chi connectivity index (χ0v) is 26.0. The molecule has 0 aromatic heterocycles. The van der Waals surface area contributed by atoms with E-state index in [0.717, 1.165) is 6.42 Å². The molecule has 4 aliphatic carbocycles. The van der Waals surface area contributed by atoms with Crippen LogP contribution in [0.15, 0.2) is 11.6 Å². The van der Waals surface area contributed by atoms with Gasteiger partial charge in [-0.05, 0) is 65.2 Å². The third kappa shape index (κ3) is 3.24. The minimum atomic E-state index is -2.09. The summed E-state index contributed by atoms with van der Waals surface area (Å²) in [5, 5.41) is 72.5. The molecule has 7 aliphatic rings. The normalized spacial score (nSPS) is 59.1. The lowest BCUT2D eigenvalue weighted by Gasteiger charge is -2.68. The van der Waals surface area contributed by atoms with Crippen molar-refractivity contribution in [1.29, 1.82) is 0 Å². The van der Waals surface area contributed by atoms with Gasteiger partial charge in [-0.3, -0.25) is 10.2 Å². The van der Waals surface area contributed by atoms with E-state index in [4.69, 9.17) is 14.4 Å². The Bertz CT molecular complexity index is 1240. The lowest BCUT2D eigenvalue weighted by molar-refractivity contribution is -0.425. The molecule has 7 fully saturated rings. The number of ether oxygens (including phenoxy) is 2. The van der Waals surface area contributed by atoms with Crippen molar-refractivity contribution in [2.24, 2.45) is 29.1 Å². The third-order valence-electron chi connectivity index (χ3n) is 14.2. The zero-order valence-electron chi connectivity index (χ0n) is 26.0. The summed E-state index contributed by atoms with van der Waals surface area (Å²) in [4.78, 5) is 20.3. The molecular weight excluding hydrogens is 558 g/mol.